The zero-order chi connectivity index (χ0) is 14.8. The maximum Gasteiger partial charge on any atom is 0.224 e. The number of para-hydroxylation sites is 1. The normalized spacial score (nSPS) is 10.8. The number of nitrogens with zero attached hydrogens (tertiary/aromatic N) is 3. The van der Waals surface area contributed by atoms with E-state index in [0.717, 1.165) is 16.6 Å². The molecule has 3 rings (SSSR count). The third-order valence-corrected chi connectivity index (χ3v) is 3.42. The van der Waals surface area contributed by atoms with Crippen molar-refractivity contribution in [2.45, 2.75) is 6.92 Å². The largest absolute Gasteiger partial charge is 0.326 e. The molecule has 0 atom stereocenters. The average Bonchev–Trinajstić information content (AvgIpc) is 2.48. The van der Waals surface area contributed by atoms with Crippen LogP contribution >= 0.6 is 11.6 Å². The van der Waals surface area contributed by atoms with Gasteiger partial charge in [-0.3, -0.25) is 0 Å². The zero-order valence-electron chi connectivity index (χ0n) is 11.4. The van der Waals surface area contributed by atoms with Gasteiger partial charge in [-0.25, -0.2) is 9.37 Å². The van der Waals surface area contributed by atoms with Gasteiger partial charge in [0.1, 0.15) is 11.6 Å². The molecule has 0 N–H and O–H groups in total. The van der Waals surface area contributed by atoms with Crippen molar-refractivity contribution < 1.29 is 4.39 Å². The SMILES string of the molecule is CCN(c1cccc(F)c1)c1nc(Cl)nc2ccccc12. The van der Waals surface area contributed by atoms with E-state index in [9.17, 15) is 4.39 Å². The summed E-state index contributed by atoms with van der Waals surface area (Å²) >= 11 is 6.02. The highest BCUT2D eigenvalue weighted by Crippen LogP contribution is 2.30. The molecule has 0 spiro atoms. The predicted octanol–water partition coefficient (Wildman–Crippen LogP) is 4.58. The van der Waals surface area contributed by atoms with E-state index in [0.29, 0.717) is 12.4 Å². The molecular weight excluding hydrogens is 289 g/mol. The van der Waals surface area contributed by atoms with E-state index in [1.165, 1.54) is 12.1 Å². The Morgan fingerprint density at radius 1 is 1.10 bits per heavy atom. The van der Waals surface area contributed by atoms with E-state index in [-0.39, 0.29) is 11.1 Å². The Bertz CT molecular complexity index is 791. The van der Waals surface area contributed by atoms with Crippen molar-refractivity contribution in [2.75, 3.05) is 11.4 Å². The molecule has 0 aliphatic carbocycles. The molecular formula is C16H13ClFN3. The first-order chi connectivity index (χ1) is 10.2. The van der Waals surface area contributed by atoms with Gasteiger partial charge in [-0.2, -0.15) is 4.98 Å². The summed E-state index contributed by atoms with van der Waals surface area (Å²) in [5, 5.41) is 1.06. The van der Waals surface area contributed by atoms with E-state index in [1.807, 2.05) is 42.2 Å². The van der Waals surface area contributed by atoms with Gasteiger partial charge >= 0.3 is 0 Å². The van der Waals surface area contributed by atoms with Crippen molar-refractivity contribution in [3.63, 3.8) is 0 Å². The number of aromatic nitrogens is 2. The van der Waals surface area contributed by atoms with Gasteiger partial charge < -0.3 is 4.90 Å². The van der Waals surface area contributed by atoms with Gasteiger partial charge in [-0.1, -0.05) is 18.2 Å². The third-order valence-electron chi connectivity index (χ3n) is 3.25. The highest BCUT2D eigenvalue weighted by Gasteiger charge is 2.14. The van der Waals surface area contributed by atoms with Crippen LogP contribution in [0.15, 0.2) is 48.5 Å². The summed E-state index contributed by atoms with van der Waals surface area (Å²) in [5.74, 6) is 0.397. The van der Waals surface area contributed by atoms with Crippen molar-refractivity contribution in [3.05, 3.63) is 59.6 Å². The van der Waals surface area contributed by atoms with Crippen molar-refractivity contribution in [3.8, 4) is 0 Å². The van der Waals surface area contributed by atoms with Gasteiger partial charge in [0.2, 0.25) is 5.28 Å². The number of benzene rings is 2. The monoisotopic (exact) mass is 301 g/mol. The van der Waals surface area contributed by atoms with Crippen LogP contribution in [0.1, 0.15) is 6.92 Å². The molecule has 21 heavy (non-hydrogen) atoms. The van der Waals surface area contributed by atoms with Crippen LogP contribution in [0.4, 0.5) is 15.9 Å². The highest BCUT2D eigenvalue weighted by atomic mass is 35.5. The molecule has 0 unspecified atom stereocenters. The predicted molar refractivity (Wildman–Crippen MR) is 83.6 cm³/mol. The van der Waals surface area contributed by atoms with E-state index >= 15 is 0 Å². The van der Waals surface area contributed by atoms with Crippen LogP contribution in [0.2, 0.25) is 5.28 Å². The summed E-state index contributed by atoms with van der Waals surface area (Å²) < 4.78 is 13.5. The lowest BCUT2D eigenvalue weighted by molar-refractivity contribution is 0.627. The first-order valence-corrected chi connectivity index (χ1v) is 7.02. The van der Waals surface area contributed by atoms with Gasteiger partial charge in [-0.15, -0.1) is 0 Å². The Balaban J connectivity index is 2.21. The Morgan fingerprint density at radius 3 is 2.67 bits per heavy atom. The molecule has 0 aliphatic rings. The number of anilines is 2. The van der Waals surface area contributed by atoms with Crippen LogP contribution in [0.25, 0.3) is 10.9 Å². The van der Waals surface area contributed by atoms with Crippen molar-refractivity contribution in [1.82, 2.24) is 9.97 Å². The fourth-order valence-corrected chi connectivity index (χ4v) is 2.51. The van der Waals surface area contributed by atoms with E-state index in [2.05, 4.69) is 9.97 Å². The molecule has 0 saturated heterocycles. The van der Waals surface area contributed by atoms with Crippen LogP contribution in [0, 0.1) is 5.82 Å². The summed E-state index contributed by atoms with van der Waals surface area (Å²) in [5.41, 5.74) is 1.50. The highest BCUT2D eigenvalue weighted by molar-refractivity contribution is 6.28. The molecule has 2 aromatic carbocycles. The molecule has 1 aromatic heterocycles. The van der Waals surface area contributed by atoms with Crippen molar-refractivity contribution in [2.24, 2.45) is 0 Å². The molecule has 3 aromatic rings. The Morgan fingerprint density at radius 2 is 1.90 bits per heavy atom. The molecule has 0 radical (unpaired) electrons. The zero-order valence-corrected chi connectivity index (χ0v) is 12.2. The molecule has 0 aliphatic heterocycles. The Hall–Kier alpha value is -2.20. The second kappa shape index (κ2) is 5.66. The first-order valence-electron chi connectivity index (χ1n) is 6.64. The summed E-state index contributed by atoms with van der Waals surface area (Å²) in [4.78, 5) is 10.5. The molecule has 0 amide bonds. The second-order valence-corrected chi connectivity index (χ2v) is 4.90. The summed E-state index contributed by atoms with van der Waals surface area (Å²) in [6.07, 6.45) is 0. The topological polar surface area (TPSA) is 29.0 Å². The summed E-state index contributed by atoms with van der Waals surface area (Å²) in [6, 6.07) is 14.1. The lowest BCUT2D eigenvalue weighted by Gasteiger charge is -2.23. The standard InChI is InChI=1S/C16H13ClFN3/c1-2-21(12-7-5-6-11(18)10-12)15-13-8-3-4-9-14(13)19-16(17)20-15/h3-10H,2H2,1H3. The smallest absolute Gasteiger partial charge is 0.224 e. The van der Waals surface area contributed by atoms with Crippen LogP contribution in [-0.2, 0) is 0 Å². The molecule has 5 heteroatoms. The maximum absolute atomic E-state index is 13.5. The van der Waals surface area contributed by atoms with E-state index < -0.39 is 0 Å². The quantitative estimate of drug-likeness (QED) is 0.663. The lowest BCUT2D eigenvalue weighted by atomic mass is 10.2. The third kappa shape index (κ3) is 2.67. The minimum Gasteiger partial charge on any atom is -0.326 e. The summed E-state index contributed by atoms with van der Waals surface area (Å²) in [7, 11) is 0. The molecule has 0 saturated carbocycles. The minimum absolute atomic E-state index is 0.179. The van der Waals surface area contributed by atoms with Gasteiger partial charge in [0.25, 0.3) is 0 Å². The van der Waals surface area contributed by atoms with Crippen LogP contribution in [-0.4, -0.2) is 16.5 Å². The fraction of sp³-hybridized carbons (Fsp3) is 0.125. The van der Waals surface area contributed by atoms with Crippen molar-refractivity contribution >= 4 is 34.0 Å². The first kappa shape index (κ1) is 13.8. The molecule has 3 nitrogen and oxygen atoms in total. The van der Waals surface area contributed by atoms with Crippen LogP contribution < -0.4 is 4.90 Å². The van der Waals surface area contributed by atoms with E-state index in [1.54, 1.807) is 6.07 Å². The molecule has 0 bridgehead atoms. The fourth-order valence-electron chi connectivity index (χ4n) is 2.34. The lowest BCUT2D eigenvalue weighted by Crippen LogP contribution is -2.18. The van der Waals surface area contributed by atoms with Gasteiger partial charge in [-0.05, 0) is 48.9 Å². The average molecular weight is 302 g/mol. The van der Waals surface area contributed by atoms with Crippen molar-refractivity contribution in [1.29, 1.82) is 0 Å². The Labute approximate surface area is 127 Å². The van der Waals surface area contributed by atoms with Crippen LogP contribution in [0.5, 0.6) is 0 Å². The minimum atomic E-state index is -0.282. The number of hydrogen-bond donors (Lipinski definition) is 0. The van der Waals surface area contributed by atoms with Gasteiger partial charge in [0, 0.05) is 17.6 Å². The maximum atomic E-state index is 13.5. The molecule has 106 valence electrons. The number of rotatable bonds is 3. The Kier molecular flexibility index (Phi) is 3.71. The summed E-state index contributed by atoms with van der Waals surface area (Å²) in [6.45, 7) is 2.62. The number of fused-ring (bicyclic) bond motifs is 1. The molecule has 1 heterocycles. The number of halogens is 2. The van der Waals surface area contributed by atoms with Gasteiger partial charge in [0.05, 0.1) is 5.52 Å². The van der Waals surface area contributed by atoms with E-state index in [4.69, 9.17) is 11.6 Å². The second-order valence-electron chi connectivity index (χ2n) is 4.56. The van der Waals surface area contributed by atoms with Gasteiger partial charge in [0.15, 0.2) is 0 Å². The number of hydrogen-bond acceptors (Lipinski definition) is 3. The van der Waals surface area contributed by atoms with Crippen LogP contribution in [0.3, 0.4) is 0 Å². The molecule has 0 fully saturated rings.